The number of anilines is 1. The molecular formula is C17H9ClNO4-. The first-order chi connectivity index (χ1) is 11.0. The summed E-state index contributed by atoms with van der Waals surface area (Å²) in [6.45, 7) is 0. The van der Waals surface area contributed by atoms with E-state index in [1.54, 1.807) is 24.3 Å². The Balaban J connectivity index is 1.96. The van der Waals surface area contributed by atoms with Gasteiger partial charge in [-0.25, -0.2) is 0 Å². The van der Waals surface area contributed by atoms with Crippen molar-refractivity contribution in [1.29, 1.82) is 0 Å². The Hall–Kier alpha value is -2.92. The number of allylic oxidation sites excluding steroid dienone is 2. The van der Waals surface area contributed by atoms with Crippen molar-refractivity contribution in [2.24, 2.45) is 0 Å². The highest BCUT2D eigenvalue weighted by Crippen LogP contribution is 2.29. The molecule has 0 saturated carbocycles. The fourth-order valence-electron chi connectivity index (χ4n) is 2.29. The minimum atomic E-state index is -1.30. The molecule has 0 atom stereocenters. The third kappa shape index (κ3) is 2.62. The summed E-state index contributed by atoms with van der Waals surface area (Å²) in [6.07, 6.45) is 0. The largest absolute Gasteiger partial charge is 0.545 e. The first kappa shape index (κ1) is 15.0. The van der Waals surface area contributed by atoms with Crippen molar-refractivity contribution in [3.63, 3.8) is 0 Å². The Morgan fingerprint density at radius 2 is 1.48 bits per heavy atom. The van der Waals surface area contributed by atoms with Gasteiger partial charge in [-0.3, -0.25) is 9.59 Å². The van der Waals surface area contributed by atoms with Gasteiger partial charge in [0, 0.05) is 16.8 Å². The number of benzene rings is 2. The minimum absolute atomic E-state index is 0.00650. The fourth-order valence-corrected chi connectivity index (χ4v) is 2.53. The summed E-state index contributed by atoms with van der Waals surface area (Å²) >= 11 is 6.03. The molecule has 0 spiro atoms. The quantitative estimate of drug-likeness (QED) is 0.932. The number of carbonyl (C=O) groups excluding carboxylic acids is 3. The molecular weight excluding hydrogens is 318 g/mol. The molecule has 1 aliphatic rings. The van der Waals surface area contributed by atoms with Gasteiger partial charge in [-0.2, -0.15) is 0 Å². The molecule has 1 N–H and O–H groups in total. The molecule has 5 nitrogen and oxygen atoms in total. The topological polar surface area (TPSA) is 86.3 Å². The van der Waals surface area contributed by atoms with Gasteiger partial charge in [0.1, 0.15) is 10.7 Å². The number of rotatable bonds is 3. The second kappa shape index (κ2) is 5.70. The van der Waals surface area contributed by atoms with Gasteiger partial charge in [0.2, 0.25) is 11.6 Å². The van der Waals surface area contributed by atoms with E-state index in [1.165, 1.54) is 24.3 Å². The second-order valence-electron chi connectivity index (χ2n) is 4.88. The van der Waals surface area contributed by atoms with E-state index in [2.05, 4.69) is 5.32 Å². The van der Waals surface area contributed by atoms with Crippen LogP contribution in [0.2, 0.25) is 0 Å². The molecule has 0 fully saturated rings. The maximum atomic E-state index is 12.5. The molecule has 3 rings (SSSR count). The van der Waals surface area contributed by atoms with Crippen LogP contribution in [0.3, 0.4) is 0 Å². The van der Waals surface area contributed by atoms with Gasteiger partial charge in [-0.15, -0.1) is 0 Å². The van der Waals surface area contributed by atoms with Gasteiger partial charge >= 0.3 is 0 Å². The number of hydrogen-bond donors (Lipinski definition) is 1. The molecule has 114 valence electrons. The number of hydrogen-bond acceptors (Lipinski definition) is 5. The Bertz CT molecular complexity index is 868. The third-order valence-electron chi connectivity index (χ3n) is 3.45. The molecule has 0 radical (unpaired) electrons. The molecule has 0 heterocycles. The first-order valence-electron chi connectivity index (χ1n) is 6.65. The van der Waals surface area contributed by atoms with Gasteiger partial charge in [-0.05, 0) is 17.7 Å². The number of carboxylic acid groups (broad SMARTS) is 1. The smallest absolute Gasteiger partial charge is 0.211 e. The minimum Gasteiger partial charge on any atom is -0.545 e. The highest BCUT2D eigenvalue weighted by molar-refractivity contribution is 6.50. The van der Waals surface area contributed by atoms with Gasteiger partial charge in [0.25, 0.3) is 0 Å². The van der Waals surface area contributed by atoms with E-state index in [-0.39, 0.29) is 27.4 Å². The van der Waals surface area contributed by atoms with Crippen LogP contribution >= 0.6 is 11.6 Å². The van der Waals surface area contributed by atoms with E-state index in [0.717, 1.165) is 0 Å². The predicted octanol–water partition coefficient (Wildman–Crippen LogP) is 1.99. The molecule has 0 unspecified atom stereocenters. The van der Waals surface area contributed by atoms with Gasteiger partial charge in [-0.1, -0.05) is 48.0 Å². The molecule has 0 bridgehead atoms. The van der Waals surface area contributed by atoms with Crippen LogP contribution in [0.25, 0.3) is 0 Å². The lowest BCUT2D eigenvalue weighted by atomic mass is 9.92. The zero-order valence-electron chi connectivity index (χ0n) is 11.6. The van der Waals surface area contributed by atoms with Crippen molar-refractivity contribution in [1.82, 2.24) is 0 Å². The molecule has 2 aromatic rings. The summed E-state index contributed by atoms with van der Waals surface area (Å²) in [5, 5.41) is 13.3. The summed E-state index contributed by atoms with van der Waals surface area (Å²) in [5.74, 6) is -2.13. The molecule has 0 aromatic heterocycles. The molecule has 23 heavy (non-hydrogen) atoms. The molecule has 6 heteroatoms. The van der Waals surface area contributed by atoms with Crippen LogP contribution in [-0.2, 0) is 0 Å². The van der Waals surface area contributed by atoms with Gasteiger partial charge < -0.3 is 15.2 Å². The number of aromatic carboxylic acids is 1. The average molecular weight is 327 g/mol. The van der Waals surface area contributed by atoms with Gasteiger partial charge in [0.15, 0.2) is 0 Å². The molecule has 0 aliphatic heterocycles. The highest BCUT2D eigenvalue weighted by atomic mass is 35.5. The standard InChI is InChI=1S/C17H10ClNO4/c18-13-14(19-10-7-5-9(6-8-10)17(22)23)16(21)12-4-2-1-3-11(12)15(13)20/h1-8,19H,(H,22,23)/p-1. The van der Waals surface area contributed by atoms with Crippen molar-refractivity contribution >= 4 is 34.8 Å². The van der Waals surface area contributed by atoms with E-state index in [1.807, 2.05) is 0 Å². The van der Waals surface area contributed by atoms with Crippen LogP contribution in [0.15, 0.2) is 59.3 Å². The van der Waals surface area contributed by atoms with E-state index in [9.17, 15) is 19.5 Å². The van der Waals surface area contributed by atoms with E-state index in [4.69, 9.17) is 11.6 Å². The van der Waals surface area contributed by atoms with Gasteiger partial charge in [0.05, 0.1) is 5.97 Å². The Morgan fingerprint density at radius 1 is 0.913 bits per heavy atom. The van der Waals surface area contributed by atoms with Crippen molar-refractivity contribution in [3.8, 4) is 0 Å². The SMILES string of the molecule is O=C([O-])c1ccc(NC2=C(Cl)C(=O)c3ccccc3C2=O)cc1. The molecule has 1 aliphatic carbocycles. The zero-order chi connectivity index (χ0) is 16.6. The first-order valence-corrected chi connectivity index (χ1v) is 7.03. The maximum absolute atomic E-state index is 12.5. The number of fused-ring (bicyclic) bond motifs is 1. The van der Waals surface area contributed by atoms with Crippen LogP contribution < -0.4 is 10.4 Å². The predicted molar refractivity (Wildman–Crippen MR) is 82.4 cm³/mol. The van der Waals surface area contributed by atoms with Crippen molar-refractivity contribution < 1.29 is 19.5 Å². The number of nitrogens with one attached hydrogen (secondary N) is 1. The molecule has 0 saturated heterocycles. The van der Waals surface area contributed by atoms with E-state index < -0.39 is 17.5 Å². The molecule has 2 aromatic carbocycles. The van der Waals surface area contributed by atoms with Crippen molar-refractivity contribution in [3.05, 3.63) is 76.0 Å². The van der Waals surface area contributed by atoms with Crippen molar-refractivity contribution in [2.75, 3.05) is 5.32 Å². The van der Waals surface area contributed by atoms with Crippen LogP contribution in [0.1, 0.15) is 31.1 Å². The third-order valence-corrected chi connectivity index (χ3v) is 3.81. The number of halogens is 1. The van der Waals surface area contributed by atoms with E-state index >= 15 is 0 Å². The summed E-state index contributed by atoms with van der Waals surface area (Å²) in [6, 6.07) is 12.0. The summed E-state index contributed by atoms with van der Waals surface area (Å²) in [4.78, 5) is 35.5. The van der Waals surface area contributed by atoms with E-state index in [0.29, 0.717) is 5.69 Å². The summed E-state index contributed by atoms with van der Waals surface area (Å²) in [5.41, 5.74) is 0.948. The highest BCUT2D eigenvalue weighted by Gasteiger charge is 2.31. The maximum Gasteiger partial charge on any atom is 0.211 e. The number of ketones is 2. The summed E-state index contributed by atoms with van der Waals surface area (Å²) in [7, 11) is 0. The fraction of sp³-hybridized carbons (Fsp3) is 0. The lowest BCUT2D eigenvalue weighted by Gasteiger charge is -2.19. The van der Waals surface area contributed by atoms with Crippen LogP contribution in [0.4, 0.5) is 5.69 Å². The number of Topliss-reactive ketones (excluding diaryl/α,β-unsaturated/α-hetero) is 2. The monoisotopic (exact) mass is 326 g/mol. The summed E-state index contributed by atoms with van der Waals surface area (Å²) < 4.78 is 0. The average Bonchev–Trinajstić information content (AvgIpc) is 2.57. The second-order valence-corrected chi connectivity index (χ2v) is 5.26. The van der Waals surface area contributed by atoms with Crippen LogP contribution in [0, 0.1) is 0 Å². The normalized spacial score (nSPS) is 13.8. The molecule has 0 amide bonds. The van der Waals surface area contributed by atoms with Crippen molar-refractivity contribution in [2.45, 2.75) is 0 Å². The lowest BCUT2D eigenvalue weighted by Crippen LogP contribution is -2.24. The zero-order valence-corrected chi connectivity index (χ0v) is 12.4. The Morgan fingerprint density at radius 3 is 2.04 bits per heavy atom. The van der Waals surface area contributed by atoms with Crippen LogP contribution in [-0.4, -0.2) is 17.5 Å². The Labute approximate surface area is 136 Å². The Kier molecular flexibility index (Phi) is 3.72. The number of carboxylic acids is 1. The number of carbonyl (C=O) groups is 3. The van der Waals surface area contributed by atoms with Crippen LogP contribution in [0.5, 0.6) is 0 Å². The lowest BCUT2D eigenvalue weighted by molar-refractivity contribution is -0.255.